The third-order valence-electron chi connectivity index (χ3n) is 2.94. The van der Waals surface area contributed by atoms with E-state index in [2.05, 4.69) is 9.97 Å². The van der Waals surface area contributed by atoms with Gasteiger partial charge in [-0.05, 0) is 18.9 Å². The summed E-state index contributed by atoms with van der Waals surface area (Å²) in [4.78, 5) is 31.6. The topological polar surface area (TPSA) is 92.1 Å². The number of aromatic amines is 1. The van der Waals surface area contributed by atoms with Gasteiger partial charge in [-0.1, -0.05) is 6.92 Å². The summed E-state index contributed by atoms with van der Waals surface area (Å²) in [5, 5.41) is 0. The predicted molar refractivity (Wildman–Crippen MR) is 63.8 cm³/mol. The van der Waals surface area contributed by atoms with Gasteiger partial charge in [-0.3, -0.25) is 19.5 Å². The number of carbonyl (C=O) groups is 1. The first kappa shape index (κ1) is 11.8. The molecule has 0 radical (unpaired) electrons. The maximum Gasteiger partial charge on any atom is 0.252 e. The quantitative estimate of drug-likeness (QED) is 0.750. The molecule has 2 rings (SSSR count). The number of aryl methyl sites for hydroxylation is 1. The van der Waals surface area contributed by atoms with Gasteiger partial charge in [0.2, 0.25) is 11.9 Å². The van der Waals surface area contributed by atoms with Gasteiger partial charge in [0.1, 0.15) is 0 Å². The highest BCUT2D eigenvalue weighted by molar-refractivity contribution is 5.94. The number of rotatable bonds is 3. The van der Waals surface area contributed by atoms with E-state index in [0.29, 0.717) is 37.6 Å². The SMILES string of the molecule is CCc1cc(=O)[nH]c(N2CC(CN)CC2=O)n1. The largest absolute Gasteiger partial charge is 0.330 e. The van der Waals surface area contributed by atoms with Crippen molar-refractivity contribution in [1.29, 1.82) is 0 Å². The number of nitrogens with zero attached hydrogens (tertiary/aromatic N) is 2. The number of nitrogens with two attached hydrogens (primary N) is 1. The van der Waals surface area contributed by atoms with Crippen molar-refractivity contribution in [3.05, 3.63) is 22.1 Å². The van der Waals surface area contributed by atoms with Crippen molar-refractivity contribution in [2.24, 2.45) is 11.7 Å². The van der Waals surface area contributed by atoms with E-state index in [1.807, 2.05) is 6.92 Å². The Morgan fingerprint density at radius 1 is 1.59 bits per heavy atom. The molecule has 0 spiro atoms. The molecule has 17 heavy (non-hydrogen) atoms. The highest BCUT2D eigenvalue weighted by Gasteiger charge is 2.31. The van der Waals surface area contributed by atoms with Crippen molar-refractivity contribution in [3.63, 3.8) is 0 Å². The minimum atomic E-state index is -0.226. The van der Waals surface area contributed by atoms with E-state index in [9.17, 15) is 9.59 Å². The zero-order valence-corrected chi connectivity index (χ0v) is 9.77. The Balaban J connectivity index is 2.31. The van der Waals surface area contributed by atoms with Crippen LogP contribution in [0.25, 0.3) is 0 Å². The first-order chi connectivity index (χ1) is 8.13. The molecular weight excluding hydrogens is 220 g/mol. The van der Waals surface area contributed by atoms with Crippen molar-refractivity contribution in [3.8, 4) is 0 Å². The fourth-order valence-electron chi connectivity index (χ4n) is 1.95. The van der Waals surface area contributed by atoms with E-state index in [-0.39, 0.29) is 17.4 Å². The van der Waals surface area contributed by atoms with Gasteiger partial charge >= 0.3 is 0 Å². The number of hydrogen-bond donors (Lipinski definition) is 2. The van der Waals surface area contributed by atoms with Gasteiger partial charge in [-0.25, -0.2) is 4.98 Å². The van der Waals surface area contributed by atoms with Gasteiger partial charge < -0.3 is 5.73 Å². The summed E-state index contributed by atoms with van der Waals surface area (Å²) in [6.45, 7) is 2.92. The van der Waals surface area contributed by atoms with E-state index >= 15 is 0 Å². The second-order valence-corrected chi connectivity index (χ2v) is 4.22. The molecule has 0 bridgehead atoms. The number of carbonyl (C=O) groups excluding carboxylic acids is 1. The van der Waals surface area contributed by atoms with Crippen molar-refractivity contribution in [2.75, 3.05) is 18.0 Å². The van der Waals surface area contributed by atoms with E-state index in [4.69, 9.17) is 5.73 Å². The Hall–Kier alpha value is -1.69. The summed E-state index contributed by atoms with van der Waals surface area (Å²) in [5.74, 6) is 0.463. The number of aromatic nitrogens is 2. The molecule has 3 N–H and O–H groups in total. The Morgan fingerprint density at radius 2 is 2.35 bits per heavy atom. The molecule has 1 atom stereocenters. The van der Waals surface area contributed by atoms with Crippen LogP contribution in [0.2, 0.25) is 0 Å². The third kappa shape index (κ3) is 2.36. The van der Waals surface area contributed by atoms with Gasteiger partial charge in [-0.2, -0.15) is 0 Å². The Bertz CT molecular complexity index is 483. The standard InChI is InChI=1S/C11H16N4O2/c1-2-8-4-9(16)14-11(13-8)15-6-7(5-12)3-10(15)17/h4,7H,2-3,5-6,12H2,1H3,(H,13,14,16). The van der Waals surface area contributed by atoms with E-state index in [1.54, 1.807) is 0 Å². The van der Waals surface area contributed by atoms with Crippen LogP contribution >= 0.6 is 0 Å². The lowest BCUT2D eigenvalue weighted by molar-refractivity contribution is -0.117. The number of nitrogens with one attached hydrogen (secondary N) is 1. The van der Waals surface area contributed by atoms with E-state index < -0.39 is 0 Å². The maximum absolute atomic E-state index is 11.8. The summed E-state index contributed by atoms with van der Waals surface area (Å²) in [5.41, 5.74) is 6.01. The lowest BCUT2D eigenvalue weighted by Crippen LogP contribution is -2.29. The number of hydrogen-bond acceptors (Lipinski definition) is 4. The maximum atomic E-state index is 11.8. The molecule has 6 nitrogen and oxygen atoms in total. The summed E-state index contributed by atoms with van der Waals surface area (Å²) in [7, 11) is 0. The Labute approximate surface area is 98.8 Å². The van der Waals surface area contributed by atoms with Crippen LogP contribution in [0.3, 0.4) is 0 Å². The fraction of sp³-hybridized carbons (Fsp3) is 0.545. The first-order valence-electron chi connectivity index (χ1n) is 5.74. The van der Waals surface area contributed by atoms with Gasteiger partial charge in [0.25, 0.3) is 5.56 Å². The molecule has 0 aliphatic carbocycles. The van der Waals surface area contributed by atoms with E-state index in [1.165, 1.54) is 11.0 Å². The van der Waals surface area contributed by atoms with Crippen LogP contribution in [0.5, 0.6) is 0 Å². The predicted octanol–water partition coefficient (Wildman–Crippen LogP) is -0.356. The molecule has 1 unspecified atom stereocenters. The minimum absolute atomic E-state index is 0.0307. The summed E-state index contributed by atoms with van der Waals surface area (Å²) in [6, 6.07) is 1.45. The molecule has 1 aliphatic rings. The minimum Gasteiger partial charge on any atom is -0.330 e. The van der Waals surface area contributed by atoms with Gasteiger partial charge in [0.05, 0.1) is 0 Å². The third-order valence-corrected chi connectivity index (χ3v) is 2.94. The van der Waals surface area contributed by atoms with Crippen molar-refractivity contribution in [2.45, 2.75) is 19.8 Å². The van der Waals surface area contributed by atoms with Crippen LogP contribution in [-0.2, 0) is 11.2 Å². The van der Waals surface area contributed by atoms with Gasteiger partial charge in [0.15, 0.2) is 0 Å². The van der Waals surface area contributed by atoms with Gasteiger partial charge in [-0.15, -0.1) is 0 Å². The normalized spacial score (nSPS) is 20.0. The smallest absolute Gasteiger partial charge is 0.252 e. The Kier molecular flexibility index (Phi) is 3.23. The number of anilines is 1. The lowest BCUT2D eigenvalue weighted by Gasteiger charge is -2.15. The molecule has 1 fully saturated rings. The molecular formula is C11H16N4O2. The van der Waals surface area contributed by atoms with Crippen molar-refractivity contribution in [1.82, 2.24) is 9.97 Å². The van der Waals surface area contributed by atoms with Crippen molar-refractivity contribution < 1.29 is 4.79 Å². The lowest BCUT2D eigenvalue weighted by atomic mass is 10.1. The summed E-state index contributed by atoms with van der Waals surface area (Å²) >= 11 is 0. The molecule has 1 aromatic rings. The second kappa shape index (κ2) is 4.67. The average molecular weight is 236 g/mol. The molecule has 92 valence electrons. The molecule has 2 heterocycles. The fourth-order valence-corrected chi connectivity index (χ4v) is 1.95. The van der Waals surface area contributed by atoms with Crippen LogP contribution in [-0.4, -0.2) is 29.0 Å². The number of amides is 1. The first-order valence-corrected chi connectivity index (χ1v) is 5.74. The average Bonchev–Trinajstić information content (AvgIpc) is 2.69. The molecule has 1 aromatic heterocycles. The molecule has 1 aliphatic heterocycles. The Morgan fingerprint density at radius 3 is 2.94 bits per heavy atom. The monoisotopic (exact) mass is 236 g/mol. The highest BCUT2D eigenvalue weighted by atomic mass is 16.2. The van der Waals surface area contributed by atoms with Crippen LogP contribution in [0.15, 0.2) is 10.9 Å². The van der Waals surface area contributed by atoms with Crippen LogP contribution < -0.4 is 16.2 Å². The molecule has 0 saturated carbocycles. The second-order valence-electron chi connectivity index (χ2n) is 4.22. The summed E-state index contributed by atoms with van der Waals surface area (Å²) < 4.78 is 0. The highest BCUT2D eigenvalue weighted by Crippen LogP contribution is 2.20. The molecule has 6 heteroatoms. The number of H-pyrrole nitrogens is 1. The van der Waals surface area contributed by atoms with Crippen molar-refractivity contribution >= 4 is 11.9 Å². The molecule has 0 aromatic carbocycles. The van der Waals surface area contributed by atoms with Crippen LogP contribution in [0.4, 0.5) is 5.95 Å². The molecule has 1 saturated heterocycles. The zero-order chi connectivity index (χ0) is 12.4. The van der Waals surface area contributed by atoms with E-state index in [0.717, 1.165) is 0 Å². The van der Waals surface area contributed by atoms with Gasteiger partial charge in [0, 0.05) is 24.7 Å². The van der Waals surface area contributed by atoms with Crippen LogP contribution in [0.1, 0.15) is 19.0 Å². The summed E-state index contributed by atoms with van der Waals surface area (Å²) in [6.07, 6.45) is 1.09. The zero-order valence-electron chi connectivity index (χ0n) is 9.77. The molecule has 1 amide bonds. The van der Waals surface area contributed by atoms with Crippen LogP contribution in [0, 0.1) is 5.92 Å².